The van der Waals surface area contributed by atoms with Gasteiger partial charge >= 0.3 is 0 Å². The monoisotopic (exact) mass is 454 g/mol. The van der Waals surface area contributed by atoms with Gasteiger partial charge in [-0.1, -0.05) is 19.1 Å². The number of anilines is 1. The third-order valence-corrected chi connectivity index (χ3v) is 7.95. The van der Waals surface area contributed by atoms with Crippen LogP contribution in [0.1, 0.15) is 59.0 Å². The molecule has 6 nitrogen and oxygen atoms in total. The van der Waals surface area contributed by atoms with Crippen molar-refractivity contribution < 1.29 is 17.6 Å². The summed E-state index contributed by atoms with van der Waals surface area (Å²) in [5.74, 6) is 0.0656. The molecular formula is C25H30N2O4S. The molecule has 1 amide bonds. The zero-order valence-electron chi connectivity index (χ0n) is 19.1. The van der Waals surface area contributed by atoms with Gasteiger partial charge in [0.2, 0.25) is 0 Å². The number of nitrogens with one attached hydrogen (secondary N) is 1. The van der Waals surface area contributed by atoms with Crippen LogP contribution in [0, 0.1) is 20.8 Å². The van der Waals surface area contributed by atoms with E-state index in [-0.39, 0.29) is 22.1 Å². The summed E-state index contributed by atoms with van der Waals surface area (Å²) in [5, 5.41) is 0.662. The van der Waals surface area contributed by atoms with Crippen molar-refractivity contribution in [2.24, 2.45) is 0 Å². The van der Waals surface area contributed by atoms with Crippen molar-refractivity contribution in [3.05, 3.63) is 58.3 Å². The minimum atomic E-state index is -3.94. The second kappa shape index (κ2) is 8.62. The Kier molecular flexibility index (Phi) is 6.03. The molecule has 0 aliphatic carbocycles. The lowest BCUT2D eigenvalue weighted by molar-refractivity contribution is 0.0693. The van der Waals surface area contributed by atoms with E-state index in [0.717, 1.165) is 36.8 Å². The Morgan fingerprint density at radius 1 is 1.03 bits per heavy atom. The van der Waals surface area contributed by atoms with Crippen LogP contribution in [-0.2, 0) is 16.4 Å². The molecule has 32 heavy (non-hydrogen) atoms. The summed E-state index contributed by atoms with van der Waals surface area (Å²) in [5.41, 5.74) is 3.99. The molecule has 1 saturated heterocycles. The first-order valence-corrected chi connectivity index (χ1v) is 12.7. The molecule has 1 aliphatic heterocycles. The molecule has 1 N–H and O–H groups in total. The van der Waals surface area contributed by atoms with E-state index < -0.39 is 10.0 Å². The van der Waals surface area contributed by atoms with Crippen LogP contribution < -0.4 is 4.72 Å². The topological polar surface area (TPSA) is 79.6 Å². The van der Waals surface area contributed by atoms with Gasteiger partial charge < -0.3 is 9.32 Å². The fraction of sp³-hybridized carbons (Fsp3) is 0.400. The van der Waals surface area contributed by atoms with Crippen LogP contribution in [0.4, 0.5) is 5.69 Å². The number of piperidine rings is 1. The van der Waals surface area contributed by atoms with E-state index in [1.807, 2.05) is 39.0 Å². The molecule has 7 heteroatoms. The molecule has 3 aromatic rings. The van der Waals surface area contributed by atoms with Crippen LogP contribution in [0.5, 0.6) is 0 Å². The normalized spacial score (nSPS) is 14.7. The lowest BCUT2D eigenvalue weighted by atomic mass is 10.0. The van der Waals surface area contributed by atoms with Gasteiger partial charge in [-0.15, -0.1) is 0 Å². The van der Waals surface area contributed by atoms with E-state index in [1.165, 1.54) is 0 Å². The predicted molar refractivity (Wildman–Crippen MR) is 127 cm³/mol. The Bertz CT molecular complexity index is 1270. The number of rotatable bonds is 5. The molecule has 0 radical (unpaired) electrons. The number of furan rings is 1. The van der Waals surface area contributed by atoms with Crippen molar-refractivity contribution >= 4 is 32.6 Å². The van der Waals surface area contributed by atoms with E-state index in [0.29, 0.717) is 35.3 Å². The van der Waals surface area contributed by atoms with Gasteiger partial charge in [0.15, 0.2) is 11.3 Å². The smallest absolute Gasteiger partial charge is 0.289 e. The van der Waals surface area contributed by atoms with Crippen LogP contribution in [0.25, 0.3) is 11.0 Å². The first kappa shape index (κ1) is 22.4. The largest absolute Gasteiger partial charge is 0.449 e. The molecule has 2 heterocycles. The maximum absolute atomic E-state index is 13.5. The number of fused-ring (bicyclic) bond motifs is 1. The average Bonchev–Trinajstić information content (AvgIpc) is 3.10. The van der Waals surface area contributed by atoms with Gasteiger partial charge in [-0.3, -0.25) is 9.52 Å². The summed E-state index contributed by atoms with van der Waals surface area (Å²) in [6.07, 6.45) is 3.95. The van der Waals surface area contributed by atoms with Crippen molar-refractivity contribution in [2.75, 3.05) is 17.8 Å². The highest BCUT2D eigenvalue weighted by Gasteiger charge is 2.30. The van der Waals surface area contributed by atoms with Crippen LogP contribution in [0.2, 0.25) is 0 Å². The van der Waals surface area contributed by atoms with Crippen molar-refractivity contribution in [3.8, 4) is 0 Å². The Balaban J connectivity index is 1.81. The quantitative estimate of drug-likeness (QED) is 0.564. The van der Waals surface area contributed by atoms with Gasteiger partial charge in [0.25, 0.3) is 15.9 Å². The van der Waals surface area contributed by atoms with Crippen molar-refractivity contribution in [3.63, 3.8) is 0 Å². The Labute approximate surface area is 189 Å². The first-order valence-electron chi connectivity index (χ1n) is 11.2. The van der Waals surface area contributed by atoms with Crippen LogP contribution >= 0.6 is 0 Å². The standard InChI is InChI=1S/C25H30N2O4S/c1-5-19-9-11-20(12-10-19)26-32(29,30)24-17(3)16(2)15-21-18(4)22(31-23(21)24)25(28)27-13-7-6-8-14-27/h9-12,15,26H,5-8,13-14H2,1-4H3. The summed E-state index contributed by atoms with van der Waals surface area (Å²) in [4.78, 5) is 15.0. The van der Waals surface area contributed by atoms with Gasteiger partial charge in [0.1, 0.15) is 4.90 Å². The van der Waals surface area contributed by atoms with Crippen LogP contribution in [-0.4, -0.2) is 32.3 Å². The molecule has 0 bridgehead atoms. The van der Waals surface area contributed by atoms with Crippen molar-refractivity contribution in [2.45, 2.75) is 58.3 Å². The highest BCUT2D eigenvalue weighted by molar-refractivity contribution is 7.93. The number of sulfonamides is 1. The van der Waals surface area contributed by atoms with Crippen LogP contribution in [0.15, 0.2) is 39.6 Å². The number of hydrogen-bond acceptors (Lipinski definition) is 4. The SMILES string of the molecule is CCc1ccc(NS(=O)(=O)c2c(C)c(C)cc3c(C)c(C(=O)N4CCCCC4)oc23)cc1. The fourth-order valence-electron chi connectivity index (χ4n) is 4.33. The average molecular weight is 455 g/mol. The minimum absolute atomic E-state index is 0.0906. The third kappa shape index (κ3) is 4.01. The number of benzene rings is 2. The van der Waals surface area contributed by atoms with Gasteiger partial charge in [-0.05, 0) is 81.3 Å². The molecule has 1 aliphatic rings. The molecule has 0 atom stereocenters. The van der Waals surface area contributed by atoms with E-state index in [4.69, 9.17) is 4.42 Å². The predicted octanol–water partition coefficient (Wildman–Crippen LogP) is 5.35. The number of aryl methyl sites for hydroxylation is 3. The van der Waals surface area contributed by atoms with Gasteiger partial charge in [0.05, 0.1) is 0 Å². The van der Waals surface area contributed by atoms with Gasteiger partial charge in [0, 0.05) is 29.7 Å². The Morgan fingerprint density at radius 3 is 2.31 bits per heavy atom. The van der Waals surface area contributed by atoms with E-state index >= 15 is 0 Å². The summed E-state index contributed by atoms with van der Waals surface area (Å²) in [6, 6.07) is 9.24. The highest BCUT2D eigenvalue weighted by atomic mass is 32.2. The summed E-state index contributed by atoms with van der Waals surface area (Å²) in [7, 11) is -3.94. The van der Waals surface area contributed by atoms with E-state index in [1.54, 1.807) is 24.0 Å². The molecule has 170 valence electrons. The number of nitrogens with zero attached hydrogens (tertiary/aromatic N) is 1. The second-order valence-corrected chi connectivity index (χ2v) is 10.2. The summed E-state index contributed by atoms with van der Waals surface area (Å²) < 4.78 is 35.7. The lowest BCUT2D eigenvalue weighted by Crippen LogP contribution is -2.35. The zero-order valence-corrected chi connectivity index (χ0v) is 19.9. The van der Waals surface area contributed by atoms with E-state index in [2.05, 4.69) is 4.72 Å². The Hall–Kier alpha value is -2.80. The third-order valence-electron chi connectivity index (χ3n) is 6.41. The van der Waals surface area contributed by atoms with Crippen LogP contribution in [0.3, 0.4) is 0 Å². The number of carbonyl (C=O) groups is 1. The zero-order chi connectivity index (χ0) is 23.0. The van der Waals surface area contributed by atoms with E-state index in [9.17, 15) is 13.2 Å². The molecule has 1 fully saturated rings. The molecule has 4 rings (SSSR count). The number of likely N-dealkylation sites (tertiary alicyclic amines) is 1. The number of amides is 1. The molecule has 1 aromatic heterocycles. The number of carbonyl (C=O) groups excluding carboxylic acids is 1. The first-order chi connectivity index (χ1) is 15.2. The summed E-state index contributed by atoms with van der Waals surface area (Å²) in [6.45, 7) is 8.93. The van der Waals surface area contributed by atoms with Crippen molar-refractivity contribution in [1.29, 1.82) is 0 Å². The summed E-state index contributed by atoms with van der Waals surface area (Å²) >= 11 is 0. The molecule has 0 saturated carbocycles. The maximum atomic E-state index is 13.5. The van der Waals surface area contributed by atoms with Crippen molar-refractivity contribution in [1.82, 2.24) is 4.90 Å². The Morgan fingerprint density at radius 2 is 1.69 bits per heavy atom. The minimum Gasteiger partial charge on any atom is -0.449 e. The lowest BCUT2D eigenvalue weighted by Gasteiger charge is -2.25. The molecular weight excluding hydrogens is 424 g/mol. The van der Waals surface area contributed by atoms with Gasteiger partial charge in [-0.25, -0.2) is 8.42 Å². The number of hydrogen-bond donors (Lipinski definition) is 1. The highest BCUT2D eigenvalue weighted by Crippen LogP contribution is 2.36. The molecule has 0 unspecified atom stereocenters. The molecule has 2 aromatic carbocycles. The molecule has 0 spiro atoms. The fourth-order valence-corrected chi connectivity index (χ4v) is 5.83. The second-order valence-electron chi connectivity index (χ2n) is 8.59. The maximum Gasteiger partial charge on any atom is 0.289 e. The van der Waals surface area contributed by atoms with Gasteiger partial charge in [-0.2, -0.15) is 0 Å².